The first kappa shape index (κ1) is 13.2. The van der Waals surface area contributed by atoms with E-state index in [0.717, 1.165) is 19.4 Å². The van der Waals surface area contributed by atoms with Gasteiger partial charge in [0.25, 0.3) is 0 Å². The standard InChI is InChI=1S/C14H22NO/c1-2-3-10-14(15-11-7-12-16)13-8-5-4-6-9-13/h4-6,8-10,14-16H,2-3,7,11-12H2,1H3. The highest BCUT2D eigenvalue weighted by Gasteiger charge is 2.09. The van der Waals surface area contributed by atoms with Crippen LogP contribution in [0.5, 0.6) is 0 Å². The molecule has 0 spiro atoms. The van der Waals surface area contributed by atoms with Crippen molar-refractivity contribution in [3.63, 3.8) is 0 Å². The second kappa shape index (κ2) is 8.31. The van der Waals surface area contributed by atoms with Crippen LogP contribution in [0.2, 0.25) is 0 Å². The van der Waals surface area contributed by atoms with Crippen LogP contribution >= 0.6 is 0 Å². The summed E-state index contributed by atoms with van der Waals surface area (Å²) >= 11 is 0. The van der Waals surface area contributed by atoms with Crippen LogP contribution in [-0.4, -0.2) is 18.3 Å². The number of hydrogen-bond donors (Lipinski definition) is 2. The molecule has 0 saturated carbocycles. The van der Waals surface area contributed by atoms with Crippen LogP contribution in [-0.2, 0) is 0 Å². The third kappa shape index (κ3) is 4.77. The highest BCUT2D eigenvalue weighted by molar-refractivity contribution is 5.21. The van der Waals surface area contributed by atoms with Gasteiger partial charge >= 0.3 is 0 Å². The van der Waals surface area contributed by atoms with E-state index in [1.807, 2.05) is 6.07 Å². The largest absolute Gasteiger partial charge is 0.396 e. The minimum Gasteiger partial charge on any atom is -0.396 e. The average molecular weight is 220 g/mol. The van der Waals surface area contributed by atoms with Gasteiger partial charge in [-0.25, -0.2) is 0 Å². The topological polar surface area (TPSA) is 32.3 Å². The maximum atomic E-state index is 8.78. The molecule has 2 N–H and O–H groups in total. The van der Waals surface area contributed by atoms with Crippen molar-refractivity contribution in [2.75, 3.05) is 13.2 Å². The molecule has 0 bridgehead atoms. The molecular formula is C14H22NO. The number of nitrogens with one attached hydrogen (secondary N) is 1. The Kier molecular flexibility index (Phi) is 6.86. The Morgan fingerprint density at radius 1 is 1.31 bits per heavy atom. The van der Waals surface area contributed by atoms with Crippen LogP contribution in [0.15, 0.2) is 30.3 Å². The van der Waals surface area contributed by atoms with Crippen LogP contribution in [0.3, 0.4) is 0 Å². The fraction of sp³-hybridized carbons (Fsp3) is 0.500. The minimum atomic E-state index is 0.252. The normalized spacial score (nSPS) is 12.6. The molecule has 2 heteroatoms. The van der Waals surface area contributed by atoms with Crippen LogP contribution in [0.25, 0.3) is 0 Å². The van der Waals surface area contributed by atoms with E-state index >= 15 is 0 Å². The molecule has 0 fully saturated rings. The molecule has 16 heavy (non-hydrogen) atoms. The first-order valence-corrected chi connectivity index (χ1v) is 6.11. The maximum absolute atomic E-state index is 8.78. The molecule has 0 aliphatic rings. The molecule has 1 unspecified atom stereocenters. The van der Waals surface area contributed by atoms with Crippen LogP contribution in [0.1, 0.15) is 37.8 Å². The predicted octanol–water partition coefficient (Wildman–Crippen LogP) is 2.70. The zero-order valence-corrected chi connectivity index (χ0v) is 10.0. The van der Waals surface area contributed by atoms with E-state index in [-0.39, 0.29) is 6.61 Å². The summed E-state index contributed by atoms with van der Waals surface area (Å²) in [5, 5.41) is 12.2. The van der Waals surface area contributed by atoms with E-state index in [1.165, 1.54) is 12.0 Å². The number of benzene rings is 1. The lowest BCUT2D eigenvalue weighted by Gasteiger charge is -2.18. The van der Waals surface area contributed by atoms with E-state index in [0.29, 0.717) is 6.04 Å². The van der Waals surface area contributed by atoms with E-state index in [1.54, 1.807) is 0 Å². The van der Waals surface area contributed by atoms with Crippen LogP contribution in [0, 0.1) is 6.42 Å². The Bertz CT molecular complexity index is 261. The van der Waals surface area contributed by atoms with E-state index < -0.39 is 0 Å². The van der Waals surface area contributed by atoms with Crippen LogP contribution < -0.4 is 5.32 Å². The summed E-state index contributed by atoms with van der Waals surface area (Å²) in [4.78, 5) is 0. The zero-order chi connectivity index (χ0) is 11.6. The molecule has 0 saturated heterocycles. The van der Waals surface area contributed by atoms with Crippen molar-refractivity contribution in [3.05, 3.63) is 42.3 Å². The van der Waals surface area contributed by atoms with Gasteiger partial charge in [-0.2, -0.15) is 0 Å². The summed E-state index contributed by atoms with van der Waals surface area (Å²) in [5.41, 5.74) is 1.30. The molecule has 0 amide bonds. The number of aliphatic hydroxyl groups is 1. The van der Waals surface area contributed by atoms with Gasteiger partial charge < -0.3 is 10.4 Å². The molecule has 0 aromatic heterocycles. The third-order valence-electron chi connectivity index (χ3n) is 2.55. The second-order valence-electron chi connectivity index (χ2n) is 3.94. The van der Waals surface area contributed by atoms with Gasteiger partial charge in [-0.05, 0) is 31.4 Å². The summed E-state index contributed by atoms with van der Waals surface area (Å²) in [6, 6.07) is 10.8. The van der Waals surface area contributed by atoms with E-state index in [2.05, 4.69) is 42.9 Å². The van der Waals surface area contributed by atoms with Crippen molar-refractivity contribution in [2.24, 2.45) is 0 Å². The molecule has 1 radical (unpaired) electrons. The molecule has 1 rings (SSSR count). The molecule has 0 aliphatic carbocycles. The van der Waals surface area contributed by atoms with Gasteiger partial charge in [-0.15, -0.1) is 0 Å². The monoisotopic (exact) mass is 220 g/mol. The smallest absolute Gasteiger partial charge is 0.0443 e. The number of hydrogen-bond acceptors (Lipinski definition) is 2. The Labute approximate surface area is 98.7 Å². The minimum absolute atomic E-state index is 0.252. The van der Waals surface area contributed by atoms with Gasteiger partial charge in [0.05, 0.1) is 0 Å². The lowest BCUT2D eigenvalue weighted by Crippen LogP contribution is -2.23. The second-order valence-corrected chi connectivity index (χ2v) is 3.94. The van der Waals surface area contributed by atoms with Crippen molar-refractivity contribution in [3.8, 4) is 0 Å². The first-order valence-electron chi connectivity index (χ1n) is 6.11. The summed E-state index contributed by atoms with van der Waals surface area (Å²) in [6.07, 6.45) is 5.41. The predicted molar refractivity (Wildman–Crippen MR) is 68.1 cm³/mol. The quantitative estimate of drug-likeness (QED) is 0.660. The number of rotatable bonds is 8. The van der Waals surface area contributed by atoms with Gasteiger partial charge in [-0.1, -0.05) is 43.7 Å². The Morgan fingerprint density at radius 2 is 2.06 bits per heavy atom. The molecule has 89 valence electrons. The zero-order valence-electron chi connectivity index (χ0n) is 10.0. The van der Waals surface area contributed by atoms with Crippen molar-refractivity contribution in [1.82, 2.24) is 5.32 Å². The van der Waals surface area contributed by atoms with E-state index in [4.69, 9.17) is 5.11 Å². The van der Waals surface area contributed by atoms with Gasteiger partial charge in [-0.3, -0.25) is 0 Å². The summed E-state index contributed by atoms with van der Waals surface area (Å²) in [6.45, 7) is 3.30. The molecule has 0 heterocycles. The highest BCUT2D eigenvalue weighted by atomic mass is 16.3. The Hall–Kier alpha value is -0.860. The first-order chi connectivity index (χ1) is 7.88. The summed E-state index contributed by atoms with van der Waals surface area (Å²) < 4.78 is 0. The van der Waals surface area contributed by atoms with Gasteiger partial charge in [0.2, 0.25) is 0 Å². The molecule has 0 aliphatic heterocycles. The third-order valence-corrected chi connectivity index (χ3v) is 2.55. The van der Waals surface area contributed by atoms with Gasteiger partial charge in [0, 0.05) is 12.6 Å². The molecule has 1 aromatic rings. The average Bonchev–Trinajstić information content (AvgIpc) is 2.35. The van der Waals surface area contributed by atoms with Gasteiger partial charge in [0.15, 0.2) is 0 Å². The van der Waals surface area contributed by atoms with Crippen molar-refractivity contribution < 1.29 is 5.11 Å². The Balaban J connectivity index is 2.49. The number of aliphatic hydroxyl groups excluding tert-OH is 1. The lowest BCUT2D eigenvalue weighted by atomic mass is 10.0. The maximum Gasteiger partial charge on any atom is 0.0443 e. The van der Waals surface area contributed by atoms with Crippen LogP contribution in [0.4, 0.5) is 0 Å². The van der Waals surface area contributed by atoms with Crippen molar-refractivity contribution in [2.45, 2.75) is 32.2 Å². The van der Waals surface area contributed by atoms with Crippen molar-refractivity contribution in [1.29, 1.82) is 0 Å². The molecule has 2 nitrogen and oxygen atoms in total. The molecular weight excluding hydrogens is 198 g/mol. The lowest BCUT2D eigenvalue weighted by molar-refractivity contribution is 0.284. The molecule has 1 aromatic carbocycles. The highest BCUT2D eigenvalue weighted by Crippen LogP contribution is 2.17. The van der Waals surface area contributed by atoms with Crippen molar-refractivity contribution >= 4 is 0 Å². The van der Waals surface area contributed by atoms with Gasteiger partial charge in [0.1, 0.15) is 0 Å². The SMILES string of the molecule is CCC[CH]C(NCCCO)c1ccccc1. The fourth-order valence-electron chi connectivity index (χ4n) is 1.67. The van der Waals surface area contributed by atoms with E-state index in [9.17, 15) is 0 Å². The Morgan fingerprint density at radius 3 is 2.69 bits per heavy atom. The molecule has 1 atom stereocenters. The number of unbranched alkanes of at least 4 members (excludes halogenated alkanes) is 1. The summed E-state index contributed by atoms with van der Waals surface area (Å²) in [7, 11) is 0. The fourth-order valence-corrected chi connectivity index (χ4v) is 1.67. The summed E-state index contributed by atoms with van der Waals surface area (Å²) in [5.74, 6) is 0.